The molecule has 2 amide bonds. The van der Waals surface area contributed by atoms with E-state index in [9.17, 15) is 4.79 Å². The lowest BCUT2D eigenvalue weighted by atomic mass is 10.0. The number of methoxy groups -OCH3 is 1. The van der Waals surface area contributed by atoms with Crippen molar-refractivity contribution in [3.8, 4) is 0 Å². The highest BCUT2D eigenvalue weighted by molar-refractivity contribution is 5.74. The molecule has 4 nitrogen and oxygen atoms in total. The first-order valence-corrected chi connectivity index (χ1v) is 6.32. The van der Waals surface area contributed by atoms with Crippen LogP contribution < -0.4 is 0 Å². The molecule has 98 valence electrons. The van der Waals surface area contributed by atoms with Crippen LogP contribution in [0.1, 0.15) is 19.8 Å². The minimum Gasteiger partial charge on any atom is -0.383 e. The van der Waals surface area contributed by atoms with E-state index in [1.807, 2.05) is 4.90 Å². The van der Waals surface area contributed by atoms with E-state index in [2.05, 4.69) is 13.5 Å². The first-order chi connectivity index (χ1) is 8.19. The number of carbonyl (C=O) groups excluding carboxylic acids is 1. The zero-order valence-electron chi connectivity index (χ0n) is 11.0. The fraction of sp³-hybridized carbons (Fsp3) is 0.769. The van der Waals surface area contributed by atoms with Gasteiger partial charge in [-0.25, -0.2) is 4.79 Å². The minimum absolute atomic E-state index is 0.119. The largest absolute Gasteiger partial charge is 0.383 e. The maximum absolute atomic E-state index is 12.3. The quantitative estimate of drug-likeness (QED) is 0.688. The third-order valence-corrected chi connectivity index (χ3v) is 3.11. The molecule has 0 aromatic carbocycles. The smallest absolute Gasteiger partial charge is 0.320 e. The van der Waals surface area contributed by atoms with Gasteiger partial charge in [-0.05, 0) is 18.8 Å². The van der Waals surface area contributed by atoms with E-state index in [1.54, 1.807) is 18.1 Å². The summed E-state index contributed by atoms with van der Waals surface area (Å²) in [6.45, 7) is 9.45. The molecule has 1 fully saturated rings. The number of amides is 2. The predicted octanol–water partition coefficient (Wildman–Crippen LogP) is 1.97. The van der Waals surface area contributed by atoms with Crippen molar-refractivity contribution in [2.75, 3.05) is 39.9 Å². The summed E-state index contributed by atoms with van der Waals surface area (Å²) in [7, 11) is 1.65. The Morgan fingerprint density at radius 3 is 3.00 bits per heavy atom. The first-order valence-electron chi connectivity index (χ1n) is 6.32. The minimum atomic E-state index is 0.119. The molecule has 0 radical (unpaired) electrons. The molecule has 1 rings (SSSR count). The SMILES string of the molecule is C=CCN(CCOC)C(=O)N1CCCC(C)C1. The van der Waals surface area contributed by atoms with Crippen molar-refractivity contribution in [3.63, 3.8) is 0 Å². The van der Waals surface area contributed by atoms with Crippen molar-refractivity contribution in [2.45, 2.75) is 19.8 Å². The lowest BCUT2D eigenvalue weighted by Gasteiger charge is -2.35. The van der Waals surface area contributed by atoms with E-state index in [0.717, 1.165) is 19.5 Å². The van der Waals surface area contributed by atoms with Gasteiger partial charge in [0.1, 0.15) is 0 Å². The number of piperidine rings is 1. The standard InChI is InChI=1S/C13H24N2O2/c1-4-7-14(9-10-17-3)13(16)15-8-5-6-12(2)11-15/h4,12H,1,5-11H2,2-3H3. The van der Waals surface area contributed by atoms with Gasteiger partial charge in [-0.1, -0.05) is 13.0 Å². The van der Waals surface area contributed by atoms with Gasteiger partial charge in [-0.3, -0.25) is 0 Å². The number of hydrogen-bond donors (Lipinski definition) is 0. The summed E-state index contributed by atoms with van der Waals surface area (Å²) < 4.78 is 5.03. The zero-order valence-corrected chi connectivity index (χ0v) is 11.0. The molecule has 17 heavy (non-hydrogen) atoms. The maximum atomic E-state index is 12.3. The Hall–Kier alpha value is -1.03. The highest BCUT2D eigenvalue weighted by Gasteiger charge is 2.24. The first kappa shape index (κ1) is 14.0. The van der Waals surface area contributed by atoms with Crippen LogP contribution in [-0.4, -0.2) is 55.7 Å². The highest BCUT2D eigenvalue weighted by Crippen LogP contribution is 2.16. The summed E-state index contributed by atoms with van der Waals surface area (Å²) in [4.78, 5) is 16.0. The fourth-order valence-corrected chi connectivity index (χ4v) is 2.19. The summed E-state index contributed by atoms with van der Waals surface area (Å²) in [5.74, 6) is 0.612. The number of rotatable bonds is 5. The van der Waals surface area contributed by atoms with Crippen LogP contribution in [0.15, 0.2) is 12.7 Å². The fourth-order valence-electron chi connectivity index (χ4n) is 2.19. The number of ether oxygens (including phenoxy) is 1. The van der Waals surface area contributed by atoms with E-state index >= 15 is 0 Å². The van der Waals surface area contributed by atoms with Crippen LogP contribution in [0.25, 0.3) is 0 Å². The molecule has 0 N–H and O–H groups in total. The molecule has 4 heteroatoms. The van der Waals surface area contributed by atoms with Crippen LogP contribution in [0.4, 0.5) is 4.79 Å². The molecule has 1 aliphatic rings. The molecule has 0 aromatic rings. The normalized spacial score (nSPS) is 20.1. The van der Waals surface area contributed by atoms with E-state index in [-0.39, 0.29) is 6.03 Å². The van der Waals surface area contributed by atoms with Crippen LogP contribution in [-0.2, 0) is 4.74 Å². The average Bonchev–Trinajstić information content (AvgIpc) is 2.33. The second-order valence-corrected chi connectivity index (χ2v) is 4.70. The Kier molecular flexibility index (Phi) is 6.05. The lowest BCUT2D eigenvalue weighted by Crippen LogP contribution is -2.48. The summed E-state index contributed by atoms with van der Waals surface area (Å²) in [5, 5.41) is 0. The second-order valence-electron chi connectivity index (χ2n) is 4.70. The van der Waals surface area contributed by atoms with Gasteiger partial charge in [0.2, 0.25) is 0 Å². The predicted molar refractivity (Wildman–Crippen MR) is 69.0 cm³/mol. The molecule has 1 atom stereocenters. The van der Waals surface area contributed by atoms with E-state index in [4.69, 9.17) is 4.74 Å². The molecule has 1 unspecified atom stereocenters. The van der Waals surface area contributed by atoms with Gasteiger partial charge in [0.15, 0.2) is 0 Å². The van der Waals surface area contributed by atoms with Gasteiger partial charge < -0.3 is 14.5 Å². The Morgan fingerprint density at radius 2 is 2.41 bits per heavy atom. The monoisotopic (exact) mass is 240 g/mol. The number of carbonyl (C=O) groups is 1. The number of likely N-dealkylation sites (tertiary alicyclic amines) is 1. The highest BCUT2D eigenvalue weighted by atomic mass is 16.5. The molecule has 0 saturated carbocycles. The van der Waals surface area contributed by atoms with Gasteiger partial charge in [-0.15, -0.1) is 6.58 Å². The van der Waals surface area contributed by atoms with Crippen molar-refractivity contribution >= 4 is 6.03 Å². The van der Waals surface area contributed by atoms with Gasteiger partial charge in [-0.2, -0.15) is 0 Å². The Labute approximate surface area is 104 Å². The molecule has 1 aliphatic heterocycles. The summed E-state index contributed by atoms with van der Waals surface area (Å²) in [5.41, 5.74) is 0. The van der Waals surface area contributed by atoms with Crippen molar-refractivity contribution in [1.29, 1.82) is 0 Å². The van der Waals surface area contributed by atoms with Gasteiger partial charge in [0.05, 0.1) is 6.61 Å². The summed E-state index contributed by atoms with van der Waals surface area (Å²) in [6.07, 6.45) is 4.10. The maximum Gasteiger partial charge on any atom is 0.320 e. The Morgan fingerprint density at radius 1 is 1.65 bits per heavy atom. The number of urea groups is 1. The van der Waals surface area contributed by atoms with Crippen molar-refractivity contribution in [3.05, 3.63) is 12.7 Å². The third kappa shape index (κ3) is 4.38. The number of hydrogen-bond acceptors (Lipinski definition) is 2. The van der Waals surface area contributed by atoms with Crippen molar-refractivity contribution in [1.82, 2.24) is 9.80 Å². The summed E-state index contributed by atoms with van der Waals surface area (Å²) >= 11 is 0. The van der Waals surface area contributed by atoms with E-state index in [1.165, 1.54) is 6.42 Å². The third-order valence-electron chi connectivity index (χ3n) is 3.11. The number of nitrogens with zero attached hydrogens (tertiary/aromatic N) is 2. The topological polar surface area (TPSA) is 32.8 Å². The molecule has 0 aromatic heterocycles. The van der Waals surface area contributed by atoms with Crippen LogP contribution in [0.3, 0.4) is 0 Å². The van der Waals surface area contributed by atoms with Crippen molar-refractivity contribution in [2.24, 2.45) is 5.92 Å². The molecule has 1 saturated heterocycles. The van der Waals surface area contributed by atoms with Crippen LogP contribution in [0, 0.1) is 5.92 Å². The van der Waals surface area contributed by atoms with Crippen LogP contribution >= 0.6 is 0 Å². The van der Waals surface area contributed by atoms with Crippen LogP contribution in [0.5, 0.6) is 0 Å². The van der Waals surface area contributed by atoms with E-state index < -0.39 is 0 Å². The van der Waals surface area contributed by atoms with Crippen LogP contribution in [0.2, 0.25) is 0 Å². The molecular formula is C13H24N2O2. The summed E-state index contributed by atoms with van der Waals surface area (Å²) in [6, 6.07) is 0.119. The van der Waals surface area contributed by atoms with Gasteiger partial charge in [0, 0.05) is 33.3 Å². The van der Waals surface area contributed by atoms with Crippen molar-refractivity contribution < 1.29 is 9.53 Å². The molecular weight excluding hydrogens is 216 g/mol. The second kappa shape index (κ2) is 7.33. The van der Waals surface area contributed by atoms with Gasteiger partial charge in [0.25, 0.3) is 0 Å². The molecule has 0 spiro atoms. The van der Waals surface area contributed by atoms with E-state index in [0.29, 0.717) is 25.6 Å². The average molecular weight is 240 g/mol. The molecule has 0 aliphatic carbocycles. The Bertz CT molecular complexity index is 256. The molecule has 1 heterocycles. The Balaban J connectivity index is 2.52. The molecule has 0 bridgehead atoms. The zero-order chi connectivity index (χ0) is 12.7. The lowest BCUT2D eigenvalue weighted by molar-refractivity contribution is 0.116. The van der Waals surface area contributed by atoms with Gasteiger partial charge >= 0.3 is 6.03 Å².